The Labute approximate surface area is 129 Å². The molecule has 4 heteroatoms. The number of likely N-dealkylation sites (tertiary alicyclic amines) is 2. The van der Waals surface area contributed by atoms with E-state index < -0.39 is 0 Å². The second-order valence-electron chi connectivity index (χ2n) is 7.39. The lowest BCUT2D eigenvalue weighted by molar-refractivity contribution is -0.133. The first-order valence-corrected chi connectivity index (χ1v) is 8.98. The van der Waals surface area contributed by atoms with Crippen LogP contribution in [0, 0.1) is 5.41 Å². The van der Waals surface area contributed by atoms with Crippen LogP contribution in [0.5, 0.6) is 0 Å². The molecule has 1 unspecified atom stereocenters. The van der Waals surface area contributed by atoms with Crippen molar-refractivity contribution in [1.82, 2.24) is 15.1 Å². The average molecular weight is 293 g/mol. The highest BCUT2D eigenvalue weighted by molar-refractivity contribution is 5.78. The van der Waals surface area contributed by atoms with Crippen LogP contribution in [0.1, 0.15) is 51.4 Å². The molecule has 3 aliphatic rings. The molecule has 120 valence electrons. The number of nitrogens with one attached hydrogen (secondary N) is 1. The van der Waals surface area contributed by atoms with Crippen molar-refractivity contribution in [1.29, 1.82) is 0 Å². The van der Waals surface area contributed by atoms with Crippen molar-refractivity contribution < 1.29 is 4.79 Å². The van der Waals surface area contributed by atoms with E-state index in [0.29, 0.717) is 17.9 Å². The highest BCUT2D eigenvalue weighted by Gasteiger charge is 2.37. The molecule has 0 aliphatic carbocycles. The van der Waals surface area contributed by atoms with Gasteiger partial charge in [-0.15, -0.1) is 0 Å². The Morgan fingerprint density at radius 3 is 2.43 bits per heavy atom. The van der Waals surface area contributed by atoms with Crippen LogP contribution in [-0.2, 0) is 4.79 Å². The molecule has 3 saturated heterocycles. The molecule has 1 amide bonds. The summed E-state index contributed by atoms with van der Waals surface area (Å²) in [7, 11) is 0. The highest BCUT2D eigenvalue weighted by Crippen LogP contribution is 2.35. The number of piperidine rings is 2. The molecule has 3 heterocycles. The SMILES string of the molecule is O=C(CN1CCCC2(CCCNC2)C1)N1CCCCCC1. The van der Waals surface area contributed by atoms with Gasteiger partial charge in [-0.3, -0.25) is 9.69 Å². The summed E-state index contributed by atoms with van der Waals surface area (Å²) in [6, 6.07) is 0. The fraction of sp³-hybridized carbons (Fsp3) is 0.941. The summed E-state index contributed by atoms with van der Waals surface area (Å²) in [6.07, 6.45) is 10.2. The summed E-state index contributed by atoms with van der Waals surface area (Å²) in [6.45, 7) is 7.19. The van der Waals surface area contributed by atoms with E-state index in [1.54, 1.807) is 0 Å². The molecule has 0 aromatic carbocycles. The van der Waals surface area contributed by atoms with E-state index in [1.165, 1.54) is 57.9 Å². The zero-order chi connectivity index (χ0) is 14.5. The van der Waals surface area contributed by atoms with E-state index in [-0.39, 0.29) is 0 Å². The molecule has 1 N–H and O–H groups in total. The molecule has 3 rings (SSSR count). The number of hydrogen-bond donors (Lipinski definition) is 1. The fourth-order valence-corrected chi connectivity index (χ4v) is 4.44. The molecule has 0 aromatic heterocycles. The minimum Gasteiger partial charge on any atom is -0.342 e. The smallest absolute Gasteiger partial charge is 0.236 e. The molecular weight excluding hydrogens is 262 g/mol. The van der Waals surface area contributed by atoms with Gasteiger partial charge in [-0.1, -0.05) is 12.8 Å². The number of carbonyl (C=O) groups is 1. The van der Waals surface area contributed by atoms with E-state index in [9.17, 15) is 4.79 Å². The van der Waals surface area contributed by atoms with Crippen LogP contribution in [0.3, 0.4) is 0 Å². The van der Waals surface area contributed by atoms with Crippen LogP contribution in [0.25, 0.3) is 0 Å². The molecule has 3 aliphatic heterocycles. The standard InChI is InChI=1S/C17H31N3O/c21-16(20-11-3-1-2-4-12-20)13-19-10-6-8-17(15-19)7-5-9-18-14-17/h18H,1-15H2. The number of carbonyl (C=O) groups excluding carboxylic acids is 1. The third-order valence-corrected chi connectivity index (χ3v) is 5.62. The number of rotatable bonds is 2. The van der Waals surface area contributed by atoms with Gasteiger partial charge < -0.3 is 10.2 Å². The first-order chi connectivity index (χ1) is 10.3. The van der Waals surface area contributed by atoms with E-state index >= 15 is 0 Å². The summed E-state index contributed by atoms with van der Waals surface area (Å²) < 4.78 is 0. The monoisotopic (exact) mass is 293 g/mol. The maximum Gasteiger partial charge on any atom is 0.236 e. The molecule has 21 heavy (non-hydrogen) atoms. The normalized spacial score (nSPS) is 32.1. The number of amides is 1. The van der Waals surface area contributed by atoms with Crippen molar-refractivity contribution in [2.75, 3.05) is 45.8 Å². The largest absolute Gasteiger partial charge is 0.342 e. The second-order valence-corrected chi connectivity index (χ2v) is 7.39. The molecule has 1 spiro atoms. The summed E-state index contributed by atoms with van der Waals surface area (Å²) in [4.78, 5) is 17.1. The Bertz CT molecular complexity index is 338. The van der Waals surface area contributed by atoms with Crippen molar-refractivity contribution in [2.45, 2.75) is 51.4 Å². The quantitative estimate of drug-likeness (QED) is 0.844. The minimum atomic E-state index is 0.373. The van der Waals surface area contributed by atoms with Crippen LogP contribution in [0.2, 0.25) is 0 Å². The average Bonchev–Trinajstić information content (AvgIpc) is 2.77. The molecule has 0 saturated carbocycles. The topological polar surface area (TPSA) is 35.6 Å². The third kappa shape index (κ3) is 3.98. The lowest BCUT2D eigenvalue weighted by Gasteiger charge is -2.45. The van der Waals surface area contributed by atoms with Crippen LogP contribution < -0.4 is 5.32 Å². The van der Waals surface area contributed by atoms with Gasteiger partial charge in [0, 0.05) is 26.2 Å². The molecule has 1 atom stereocenters. The molecular formula is C17H31N3O. The Hall–Kier alpha value is -0.610. The maximum atomic E-state index is 12.6. The van der Waals surface area contributed by atoms with Crippen LogP contribution in [0.15, 0.2) is 0 Å². The van der Waals surface area contributed by atoms with Gasteiger partial charge in [-0.25, -0.2) is 0 Å². The maximum absolute atomic E-state index is 12.6. The lowest BCUT2D eigenvalue weighted by atomic mass is 9.74. The second kappa shape index (κ2) is 7.10. The molecule has 3 fully saturated rings. The van der Waals surface area contributed by atoms with Crippen molar-refractivity contribution in [3.8, 4) is 0 Å². The van der Waals surface area contributed by atoms with Gasteiger partial charge in [-0.05, 0) is 57.0 Å². The zero-order valence-electron chi connectivity index (χ0n) is 13.4. The van der Waals surface area contributed by atoms with Crippen LogP contribution >= 0.6 is 0 Å². The van der Waals surface area contributed by atoms with Crippen LogP contribution in [-0.4, -0.2) is 61.5 Å². The summed E-state index contributed by atoms with van der Waals surface area (Å²) in [5.74, 6) is 0.373. The predicted octanol–water partition coefficient (Wildman–Crippen LogP) is 1.85. The highest BCUT2D eigenvalue weighted by atomic mass is 16.2. The lowest BCUT2D eigenvalue weighted by Crippen LogP contribution is -2.53. The van der Waals surface area contributed by atoms with Crippen molar-refractivity contribution in [3.63, 3.8) is 0 Å². The van der Waals surface area contributed by atoms with E-state index in [4.69, 9.17) is 0 Å². The first-order valence-electron chi connectivity index (χ1n) is 8.98. The third-order valence-electron chi connectivity index (χ3n) is 5.62. The minimum absolute atomic E-state index is 0.373. The summed E-state index contributed by atoms with van der Waals surface area (Å²) >= 11 is 0. The molecule has 0 aromatic rings. The summed E-state index contributed by atoms with van der Waals surface area (Å²) in [5, 5.41) is 3.57. The van der Waals surface area contributed by atoms with Gasteiger partial charge >= 0.3 is 0 Å². The Kier molecular flexibility index (Phi) is 5.17. The Morgan fingerprint density at radius 1 is 0.952 bits per heavy atom. The van der Waals surface area contributed by atoms with Crippen molar-refractivity contribution >= 4 is 5.91 Å². The van der Waals surface area contributed by atoms with E-state index in [0.717, 1.165) is 32.7 Å². The predicted molar refractivity (Wildman–Crippen MR) is 85.3 cm³/mol. The number of hydrogen-bond acceptors (Lipinski definition) is 3. The van der Waals surface area contributed by atoms with E-state index in [1.807, 2.05) is 0 Å². The van der Waals surface area contributed by atoms with Crippen LogP contribution in [0.4, 0.5) is 0 Å². The fourth-order valence-electron chi connectivity index (χ4n) is 4.44. The zero-order valence-corrected chi connectivity index (χ0v) is 13.4. The first kappa shape index (κ1) is 15.3. The number of nitrogens with zero attached hydrogens (tertiary/aromatic N) is 2. The molecule has 0 bridgehead atoms. The Balaban J connectivity index is 1.52. The van der Waals surface area contributed by atoms with Gasteiger partial charge in [-0.2, -0.15) is 0 Å². The van der Waals surface area contributed by atoms with Gasteiger partial charge in [0.25, 0.3) is 0 Å². The van der Waals surface area contributed by atoms with Gasteiger partial charge in [0.15, 0.2) is 0 Å². The van der Waals surface area contributed by atoms with E-state index in [2.05, 4.69) is 15.1 Å². The van der Waals surface area contributed by atoms with Crippen molar-refractivity contribution in [2.24, 2.45) is 5.41 Å². The van der Waals surface area contributed by atoms with Gasteiger partial charge in [0.2, 0.25) is 5.91 Å². The van der Waals surface area contributed by atoms with Gasteiger partial charge in [0.1, 0.15) is 0 Å². The molecule has 0 radical (unpaired) electrons. The summed E-state index contributed by atoms with van der Waals surface area (Å²) in [5.41, 5.74) is 0.454. The molecule has 4 nitrogen and oxygen atoms in total. The van der Waals surface area contributed by atoms with Crippen molar-refractivity contribution in [3.05, 3.63) is 0 Å². The Morgan fingerprint density at radius 2 is 1.71 bits per heavy atom. The van der Waals surface area contributed by atoms with Gasteiger partial charge in [0.05, 0.1) is 6.54 Å².